The maximum atomic E-state index is 13.4. The summed E-state index contributed by atoms with van der Waals surface area (Å²) in [5, 5.41) is 14.1. The summed E-state index contributed by atoms with van der Waals surface area (Å²) in [5.74, 6) is -0.292. The molecule has 0 fully saturated rings. The van der Waals surface area contributed by atoms with Crippen LogP contribution in [0, 0.1) is 21.8 Å². The van der Waals surface area contributed by atoms with E-state index in [1.807, 2.05) is 20.8 Å². The number of nitrogens with one attached hydrogen (secondary N) is 1. The SMILES string of the molecule is CC(C)CC(C)(CN)Nc1cc(Br)c(F)cc1[N+](=O)[O-]. The number of rotatable bonds is 6. The van der Waals surface area contributed by atoms with Crippen molar-refractivity contribution in [2.24, 2.45) is 11.7 Å². The monoisotopic (exact) mass is 347 g/mol. The smallest absolute Gasteiger partial charge is 0.295 e. The minimum Gasteiger partial charge on any atom is -0.373 e. The third kappa shape index (κ3) is 4.14. The molecule has 1 aromatic rings. The van der Waals surface area contributed by atoms with E-state index in [-0.39, 0.29) is 15.8 Å². The lowest BCUT2D eigenvalue weighted by atomic mass is 9.90. The molecule has 0 radical (unpaired) electrons. The number of halogens is 2. The van der Waals surface area contributed by atoms with Gasteiger partial charge in [-0.15, -0.1) is 0 Å². The molecule has 112 valence electrons. The van der Waals surface area contributed by atoms with Crippen LogP contribution in [-0.2, 0) is 0 Å². The maximum absolute atomic E-state index is 13.4. The van der Waals surface area contributed by atoms with Gasteiger partial charge in [0, 0.05) is 12.1 Å². The van der Waals surface area contributed by atoms with Crippen LogP contribution < -0.4 is 11.1 Å². The molecular weight excluding hydrogens is 329 g/mol. The Morgan fingerprint density at radius 2 is 2.15 bits per heavy atom. The van der Waals surface area contributed by atoms with Crippen molar-refractivity contribution in [3.05, 3.63) is 32.5 Å². The molecular formula is C13H19BrFN3O2. The second-order valence-electron chi connectivity index (χ2n) is 5.53. The second kappa shape index (κ2) is 6.49. The highest BCUT2D eigenvalue weighted by Crippen LogP contribution is 2.33. The van der Waals surface area contributed by atoms with Crippen molar-refractivity contribution in [3.63, 3.8) is 0 Å². The Labute approximate surface area is 126 Å². The molecule has 7 heteroatoms. The number of hydrogen-bond donors (Lipinski definition) is 2. The summed E-state index contributed by atoms with van der Waals surface area (Å²) < 4.78 is 13.6. The van der Waals surface area contributed by atoms with Gasteiger partial charge in [-0.25, -0.2) is 4.39 Å². The van der Waals surface area contributed by atoms with Gasteiger partial charge in [0.1, 0.15) is 11.5 Å². The molecule has 0 amide bonds. The number of nitrogens with zero attached hydrogens (tertiary/aromatic N) is 1. The summed E-state index contributed by atoms with van der Waals surface area (Å²) >= 11 is 3.04. The van der Waals surface area contributed by atoms with E-state index < -0.39 is 16.3 Å². The van der Waals surface area contributed by atoms with Gasteiger partial charge >= 0.3 is 0 Å². The first kappa shape index (κ1) is 16.8. The number of nitro benzene ring substituents is 1. The molecule has 20 heavy (non-hydrogen) atoms. The van der Waals surface area contributed by atoms with Crippen LogP contribution in [0.15, 0.2) is 16.6 Å². The summed E-state index contributed by atoms with van der Waals surface area (Å²) in [7, 11) is 0. The summed E-state index contributed by atoms with van der Waals surface area (Å²) in [5.41, 5.74) is 5.25. The van der Waals surface area contributed by atoms with Crippen molar-refractivity contribution in [1.82, 2.24) is 0 Å². The summed E-state index contributed by atoms with van der Waals surface area (Å²) in [4.78, 5) is 10.4. The van der Waals surface area contributed by atoms with Gasteiger partial charge in [0.05, 0.1) is 15.5 Å². The number of nitro groups is 1. The first-order valence-electron chi connectivity index (χ1n) is 6.30. The average Bonchev–Trinajstić information content (AvgIpc) is 2.32. The molecule has 0 aliphatic rings. The van der Waals surface area contributed by atoms with E-state index >= 15 is 0 Å². The molecule has 1 unspecified atom stereocenters. The van der Waals surface area contributed by atoms with Crippen LogP contribution in [0.2, 0.25) is 0 Å². The van der Waals surface area contributed by atoms with Gasteiger partial charge in [-0.1, -0.05) is 13.8 Å². The predicted molar refractivity (Wildman–Crippen MR) is 81.3 cm³/mol. The zero-order valence-electron chi connectivity index (χ0n) is 11.7. The Morgan fingerprint density at radius 3 is 2.60 bits per heavy atom. The predicted octanol–water partition coefficient (Wildman–Crippen LogP) is 3.67. The molecule has 5 nitrogen and oxygen atoms in total. The fourth-order valence-corrected chi connectivity index (χ4v) is 2.54. The van der Waals surface area contributed by atoms with Crippen LogP contribution in [0.25, 0.3) is 0 Å². The van der Waals surface area contributed by atoms with Gasteiger partial charge in [0.15, 0.2) is 0 Å². The van der Waals surface area contributed by atoms with E-state index in [2.05, 4.69) is 21.2 Å². The van der Waals surface area contributed by atoms with E-state index in [1.165, 1.54) is 6.07 Å². The fraction of sp³-hybridized carbons (Fsp3) is 0.538. The van der Waals surface area contributed by atoms with E-state index in [9.17, 15) is 14.5 Å². The lowest BCUT2D eigenvalue weighted by molar-refractivity contribution is -0.384. The second-order valence-corrected chi connectivity index (χ2v) is 6.38. The number of nitrogens with two attached hydrogens (primary N) is 1. The Balaban J connectivity index is 3.18. The maximum Gasteiger partial charge on any atom is 0.295 e. The highest BCUT2D eigenvalue weighted by atomic mass is 79.9. The first-order valence-corrected chi connectivity index (χ1v) is 7.09. The van der Waals surface area contributed by atoms with Crippen molar-refractivity contribution < 1.29 is 9.31 Å². The topological polar surface area (TPSA) is 81.2 Å². The van der Waals surface area contributed by atoms with Gasteiger partial charge in [-0.05, 0) is 41.3 Å². The van der Waals surface area contributed by atoms with Crippen molar-refractivity contribution in [1.29, 1.82) is 0 Å². The Morgan fingerprint density at radius 1 is 1.55 bits per heavy atom. The highest BCUT2D eigenvalue weighted by Gasteiger charge is 2.27. The minimum atomic E-state index is -0.666. The molecule has 3 N–H and O–H groups in total. The summed E-state index contributed by atoms with van der Waals surface area (Å²) in [6.07, 6.45) is 0.746. The molecule has 0 aliphatic carbocycles. The number of anilines is 1. The molecule has 0 saturated carbocycles. The van der Waals surface area contributed by atoms with Gasteiger partial charge in [-0.3, -0.25) is 10.1 Å². The average molecular weight is 348 g/mol. The van der Waals surface area contributed by atoms with Crippen molar-refractivity contribution in [3.8, 4) is 0 Å². The van der Waals surface area contributed by atoms with Gasteiger partial charge < -0.3 is 11.1 Å². The molecule has 0 bridgehead atoms. The third-order valence-corrected chi connectivity index (χ3v) is 3.59. The van der Waals surface area contributed by atoms with Crippen LogP contribution >= 0.6 is 15.9 Å². The number of benzene rings is 1. The molecule has 0 aromatic heterocycles. The van der Waals surface area contributed by atoms with Crippen LogP contribution in [0.4, 0.5) is 15.8 Å². The molecule has 0 heterocycles. The lowest BCUT2D eigenvalue weighted by Gasteiger charge is -2.32. The summed E-state index contributed by atoms with van der Waals surface area (Å²) in [6.45, 7) is 6.31. The van der Waals surface area contributed by atoms with Gasteiger partial charge in [0.25, 0.3) is 5.69 Å². The van der Waals surface area contributed by atoms with Gasteiger partial charge in [-0.2, -0.15) is 0 Å². The Kier molecular flexibility index (Phi) is 5.47. The summed E-state index contributed by atoms with van der Waals surface area (Å²) in [6, 6.07) is 2.28. The zero-order chi connectivity index (χ0) is 15.5. The molecule has 0 saturated heterocycles. The standard InChI is InChI=1S/C13H19BrFN3O2/c1-8(2)6-13(3,7-16)17-11-4-9(14)10(15)5-12(11)18(19)20/h4-5,8,17H,6-7,16H2,1-3H3. The van der Waals surface area contributed by atoms with E-state index in [4.69, 9.17) is 5.73 Å². The normalized spacial score (nSPS) is 14.2. The molecule has 0 aliphatic heterocycles. The molecule has 0 spiro atoms. The fourth-order valence-electron chi connectivity index (χ4n) is 2.20. The largest absolute Gasteiger partial charge is 0.373 e. The molecule has 1 aromatic carbocycles. The first-order chi connectivity index (χ1) is 9.18. The lowest BCUT2D eigenvalue weighted by Crippen LogP contribution is -2.43. The zero-order valence-corrected chi connectivity index (χ0v) is 13.3. The van der Waals surface area contributed by atoms with Crippen LogP contribution in [0.1, 0.15) is 27.2 Å². The van der Waals surface area contributed by atoms with E-state index in [1.54, 1.807) is 0 Å². The van der Waals surface area contributed by atoms with Crippen LogP contribution in [0.5, 0.6) is 0 Å². The molecule has 1 atom stereocenters. The number of hydrogen-bond acceptors (Lipinski definition) is 4. The third-order valence-electron chi connectivity index (χ3n) is 2.98. The quantitative estimate of drug-likeness (QED) is 0.607. The Bertz CT molecular complexity index is 511. The van der Waals surface area contributed by atoms with Crippen LogP contribution in [0.3, 0.4) is 0 Å². The minimum absolute atomic E-state index is 0.175. The van der Waals surface area contributed by atoms with E-state index in [0.717, 1.165) is 12.5 Å². The Hall–Kier alpha value is -1.21. The van der Waals surface area contributed by atoms with Crippen molar-refractivity contribution >= 4 is 27.3 Å². The van der Waals surface area contributed by atoms with Crippen molar-refractivity contribution in [2.45, 2.75) is 32.7 Å². The van der Waals surface area contributed by atoms with Crippen LogP contribution in [-0.4, -0.2) is 17.0 Å². The highest BCUT2D eigenvalue weighted by molar-refractivity contribution is 9.10. The molecule has 1 rings (SSSR count). The van der Waals surface area contributed by atoms with E-state index in [0.29, 0.717) is 12.5 Å². The van der Waals surface area contributed by atoms with Crippen molar-refractivity contribution in [2.75, 3.05) is 11.9 Å². The van der Waals surface area contributed by atoms with Gasteiger partial charge in [0.2, 0.25) is 0 Å².